The molecule has 0 atom stereocenters. The number of halogens is 1. The number of hydrogen-bond acceptors (Lipinski definition) is 4. The van der Waals surface area contributed by atoms with E-state index in [-0.39, 0.29) is 17.9 Å². The first kappa shape index (κ1) is 15.6. The molecule has 1 aromatic carbocycles. The van der Waals surface area contributed by atoms with Crippen molar-refractivity contribution in [3.63, 3.8) is 0 Å². The van der Waals surface area contributed by atoms with Crippen molar-refractivity contribution >= 4 is 23.5 Å². The number of nitrogens with one attached hydrogen (secondary N) is 1. The first-order valence-corrected chi connectivity index (χ1v) is 6.90. The van der Waals surface area contributed by atoms with Crippen LogP contribution in [0.25, 0.3) is 0 Å². The van der Waals surface area contributed by atoms with Crippen molar-refractivity contribution in [1.82, 2.24) is 5.32 Å². The van der Waals surface area contributed by atoms with Gasteiger partial charge in [-0.15, -0.1) is 0 Å². The molecule has 1 fully saturated rings. The molecular formula is C14H16ClNO5. The Morgan fingerprint density at radius 1 is 1.33 bits per heavy atom. The van der Waals surface area contributed by atoms with Gasteiger partial charge in [-0.2, -0.15) is 0 Å². The van der Waals surface area contributed by atoms with E-state index >= 15 is 0 Å². The number of ether oxygens (including phenoxy) is 1. The quantitative estimate of drug-likeness (QED) is 0.785. The van der Waals surface area contributed by atoms with Crippen molar-refractivity contribution in [1.29, 1.82) is 0 Å². The van der Waals surface area contributed by atoms with E-state index in [1.54, 1.807) is 0 Å². The molecule has 0 spiro atoms. The Balaban J connectivity index is 2.07. The van der Waals surface area contributed by atoms with Crippen LogP contribution in [-0.2, 0) is 9.53 Å². The summed E-state index contributed by atoms with van der Waals surface area (Å²) in [5.74, 6) is -1.72. The summed E-state index contributed by atoms with van der Waals surface area (Å²) in [4.78, 5) is 23.5. The molecule has 0 aliphatic carbocycles. The average molecular weight is 314 g/mol. The van der Waals surface area contributed by atoms with Gasteiger partial charge in [0.2, 0.25) is 0 Å². The van der Waals surface area contributed by atoms with Crippen molar-refractivity contribution in [3.05, 3.63) is 28.8 Å². The van der Waals surface area contributed by atoms with Gasteiger partial charge in [0.15, 0.2) is 0 Å². The maximum Gasteiger partial charge on any atom is 0.311 e. The molecule has 2 rings (SSSR count). The molecular weight excluding hydrogens is 298 g/mol. The Labute approximate surface area is 126 Å². The molecule has 0 aromatic heterocycles. The monoisotopic (exact) mass is 313 g/mol. The molecule has 3 N–H and O–H groups in total. The largest absolute Gasteiger partial charge is 0.507 e. The van der Waals surface area contributed by atoms with Gasteiger partial charge in [-0.25, -0.2) is 0 Å². The molecule has 0 radical (unpaired) electrons. The van der Waals surface area contributed by atoms with Gasteiger partial charge in [-0.05, 0) is 31.0 Å². The molecule has 21 heavy (non-hydrogen) atoms. The van der Waals surface area contributed by atoms with Crippen molar-refractivity contribution in [2.24, 2.45) is 5.41 Å². The number of hydrogen-bond donors (Lipinski definition) is 3. The lowest BCUT2D eigenvalue weighted by molar-refractivity contribution is -0.154. The van der Waals surface area contributed by atoms with Crippen molar-refractivity contribution < 1.29 is 24.5 Å². The zero-order chi connectivity index (χ0) is 15.5. The maximum atomic E-state index is 12.0. The lowest BCUT2D eigenvalue weighted by atomic mass is 9.80. The Hall–Kier alpha value is -1.79. The number of rotatable bonds is 4. The normalized spacial score (nSPS) is 17.2. The summed E-state index contributed by atoms with van der Waals surface area (Å²) in [6.07, 6.45) is 0.685. The van der Waals surface area contributed by atoms with Gasteiger partial charge in [0.05, 0.1) is 11.0 Å². The van der Waals surface area contributed by atoms with E-state index in [2.05, 4.69) is 5.32 Å². The summed E-state index contributed by atoms with van der Waals surface area (Å²) in [5, 5.41) is 22.0. The smallest absolute Gasteiger partial charge is 0.311 e. The minimum atomic E-state index is -1.02. The third-order valence-corrected chi connectivity index (χ3v) is 3.93. The molecule has 7 heteroatoms. The van der Waals surface area contributed by atoms with E-state index in [4.69, 9.17) is 16.3 Å². The van der Waals surface area contributed by atoms with Crippen LogP contribution in [0.1, 0.15) is 23.2 Å². The second-order valence-corrected chi connectivity index (χ2v) is 5.48. The zero-order valence-corrected chi connectivity index (χ0v) is 12.0. The Bertz CT molecular complexity index is 554. The number of carboxylic acids is 1. The molecule has 0 unspecified atom stereocenters. The molecule has 1 aliphatic rings. The SMILES string of the molecule is O=C(NCC1(C(=O)O)CCOCC1)c1ccc(Cl)cc1O. The van der Waals surface area contributed by atoms with Gasteiger partial charge >= 0.3 is 5.97 Å². The van der Waals surface area contributed by atoms with E-state index in [1.165, 1.54) is 18.2 Å². The van der Waals surface area contributed by atoms with Crippen LogP contribution in [-0.4, -0.2) is 41.8 Å². The number of phenolic OH excluding ortho intramolecular Hbond substituents is 1. The fourth-order valence-electron chi connectivity index (χ4n) is 2.27. The standard InChI is InChI=1S/C14H16ClNO5/c15-9-1-2-10(11(17)7-9)12(18)16-8-14(13(19)20)3-5-21-6-4-14/h1-2,7,17H,3-6,8H2,(H,16,18)(H,19,20). The molecule has 114 valence electrons. The molecule has 1 saturated heterocycles. The Morgan fingerprint density at radius 3 is 2.57 bits per heavy atom. The predicted molar refractivity (Wildman–Crippen MR) is 75.6 cm³/mol. The van der Waals surface area contributed by atoms with Crippen molar-refractivity contribution in [2.75, 3.05) is 19.8 Å². The van der Waals surface area contributed by atoms with Gasteiger partial charge in [-0.1, -0.05) is 11.6 Å². The third kappa shape index (κ3) is 3.46. The highest BCUT2D eigenvalue weighted by atomic mass is 35.5. The van der Waals surface area contributed by atoms with E-state index in [1.807, 2.05) is 0 Å². The zero-order valence-electron chi connectivity index (χ0n) is 11.3. The fraction of sp³-hybridized carbons (Fsp3) is 0.429. The summed E-state index contributed by atoms with van der Waals surface area (Å²) < 4.78 is 5.17. The number of carbonyl (C=O) groups is 2. The highest BCUT2D eigenvalue weighted by Crippen LogP contribution is 2.30. The molecule has 0 saturated carbocycles. The summed E-state index contributed by atoms with van der Waals surface area (Å²) in [5.41, 5.74) is -0.956. The highest BCUT2D eigenvalue weighted by molar-refractivity contribution is 6.30. The number of aliphatic carboxylic acids is 1. The third-order valence-electron chi connectivity index (χ3n) is 3.70. The van der Waals surface area contributed by atoms with E-state index in [0.29, 0.717) is 31.1 Å². The van der Waals surface area contributed by atoms with Crippen molar-refractivity contribution in [3.8, 4) is 5.75 Å². The number of benzene rings is 1. The second kappa shape index (κ2) is 6.32. The number of carboxylic acid groups (broad SMARTS) is 1. The van der Waals surface area contributed by atoms with Crippen LogP contribution in [0.3, 0.4) is 0 Å². The molecule has 1 amide bonds. The van der Waals surface area contributed by atoms with Crippen LogP contribution in [0, 0.1) is 5.41 Å². The van der Waals surface area contributed by atoms with Crippen LogP contribution in [0.15, 0.2) is 18.2 Å². The van der Waals surface area contributed by atoms with Crippen LogP contribution in [0.5, 0.6) is 5.75 Å². The van der Waals surface area contributed by atoms with Crippen LogP contribution >= 0.6 is 11.6 Å². The van der Waals surface area contributed by atoms with E-state index in [0.717, 1.165) is 0 Å². The number of amides is 1. The highest BCUT2D eigenvalue weighted by Gasteiger charge is 2.40. The lowest BCUT2D eigenvalue weighted by Crippen LogP contribution is -2.46. The van der Waals surface area contributed by atoms with E-state index in [9.17, 15) is 19.8 Å². The lowest BCUT2D eigenvalue weighted by Gasteiger charge is -2.33. The number of carbonyl (C=O) groups excluding carboxylic acids is 1. The number of aromatic hydroxyl groups is 1. The predicted octanol–water partition coefficient (Wildman–Crippen LogP) is 1.66. The van der Waals surface area contributed by atoms with Gasteiger partial charge < -0.3 is 20.3 Å². The van der Waals surface area contributed by atoms with Crippen molar-refractivity contribution in [2.45, 2.75) is 12.8 Å². The topological polar surface area (TPSA) is 95.9 Å². The van der Waals surface area contributed by atoms with Crippen LogP contribution < -0.4 is 5.32 Å². The fourth-order valence-corrected chi connectivity index (χ4v) is 2.44. The van der Waals surface area contributed by atoms with Crippen LogP contribution in [0.4, 0.5) is 0 Å². The van der Waals surface area contributed by atoms with E-state index < -0.39 is 17.3 Å². The molecule has 0 bridgehead atoms. The van der Waals surface area contributed by atoms with Gasteiger partial charge in [0.25, 0.3) is 5.91 Å². The minimum Gasteiger partial charge on any atom is -0.507 e. The van der Waals surface area contributed by atoms with Gasteiger partial charge in [0.1, 0.15) is 5.75 Å². The first-order valence-electron chi connectivity index (χ1n) is 6.52. The average Bonchev–Trinajstić information content (AvgIpc) is 2.45. The second-order valence-electron chi connectivity index (χ2n) is 5.04. The minimum absolute atomic E-state index is 0.00735. The van der Waals surface area contributed by atoms with Crippen LogP contribution in [0.2, 0.25) is 5.02 Å². The summed E-state index contributed by atoms with van der Waals surface area (Å²) in [7, 11) is 0. The van der Waals surface area contributed by atoms with Gasteiger partial charge in [0, 0.05) is 24.8 Å². The molecule has 1 heterocycles. The maximum absolute atomic E-state index is 12.0. The first-order chi connectivity index (χ1) is 9.94. The van der Waals surface area contributed by atoms with Gasteiger partial charge in [-0.3, -0.25) is 9.59 Å². The Morgan fingerprint density at radius 2 is 2.00 bits per heavy atom. The number of phenols is 1. The summed E-state index contributed by atoms with van der Waals surface area (Å²) in [6, 6.07) is 4.14. The summed E-state index contributed by atoms with van der Waals surface area (Å²) in [6.45, 7) is 0.704. The Kier molecular flexibility index (Phi) is 4.69. The molecule has 1 aromatic rings. The molecule has 1 aliphatic heterocycles. The molecule has 6 nitrogen and oxygen atoms in total. The summed E-state index contributed by atoms with van der Waals surface area (Å²) >= 11 is 5.70.